The van der Waals surface area contributed by atoms with Crippen molar-refractivity contribution in [1.29, 1.82) is 5.41 Å². The van der Waals surface area contributed by atoms with Gasteiger partial charge < -0.3 is 15.2 Å². The number of hydrogen-bond acceptors (Lipinski definition) is 7. The molecular weight excluding hydrogens is 601 g/mol. The third kappa shape index (κ3) is 7.80. The van der Waals surface area contributed by atoms with E-state index in [1.165, 1.54) is 17.1 Å². The summed E-state index contributed by atoms with van der Waals surface area (Å²) in [5, 5.41) is 9.91. The average Bonchev–Trinajstić information content (AvgIpc) is 3.31. The molecule has 0 bridgehead atoms. The van der Waals surface area contributed by atoms with E-state index in [0.717, 1.165) is 71.8 Å². The van der Waals surface area contributed by atoms with Crippen molar-refractivity contribution in [1.82, 2.24) is 9.80 Å². The number of amides is 1. The summed E-state index contributed by atoms with van der Waals surface area (Å²) in [6.07, 6.45) is 3.00. The van der Waals surface area contributed by atoms with Gasteiger partial charge in [-0.2, -0.15) is 0 Å². The Labute approximate surface area is 273 Å². The molecule has 0 saturated carbocycles. The first-order chi connectivity index (χ1) is 21.9. The number of thiocarbonyl (C=S) groups is 1. The lowest BCUT2D eigenvalue weighted by Gasteiger charge is -2.26. The van der Waals surface area contributed by atoms with Crippen molar-refractivity contribution in [2.45, 2.75) is 12.8 Å². The molecule has 7 nitrogen and oxygen atoms in total. The molecule has 4 aromatic rings. The summed E-state index contributed by atoms with van der Waals surface area (Å²) < 4.78 is 12.4. The van der Waals surface area contributed by atoms with Crippen LogP contribution in [0.4, 0.5) is 0 Å². The first kappa shape index (κ1) is 31.0. The van der Waals surface area contributed by atoms with E-state index in [9.17, 15) is 4.79 Å². The highest BCUT2D eigenvalue weighted by Crippen LogP contribution is 2.36. The number of hydrogen-bond donors (Lipinski definition) is 2. The van der Waals surface area contributed by atoms with Gasteiger partial charge in [-0.15, -0.1) is 0 Å². The fourth-order valence-corrected chi connectivity index (χ4v) is 6.96. The van der Waals surface area contributed by atoms with E-state index < -0.39 is 0 Å². The highest BCUT2D eigenvalue weighted by molar-refractivity contribution is 8.26. The number of carbonyl (C=O) groups is 1. The van der Waals surface area contributed by atoms with E-state index >= 15 is 0 Å². The topological polar surface area (TPSA) is 91.9 Å². The molecule has 230 valence electrons. The van der Waals surface area contributed by atoms with Crippen molar-refractivity contribution < 1.29 is 14.3 Å². The Morgan fingerprint density at radius 2 is 1.76 bits per heavy atom. The molecule has 0 unspecified atom stereocenters. The molecule has 0 spiro atoms. The second-order valence-corrected chi connectivity index (χ2v) is 12.9. The Kier molecular flexibility index (Phi) is 9.91. The van der Waals surface area contributed by atoms with Gasteiger partial charge in [0.2, 0.25) is 0 Å². The molecule has 0 radical (unpaired) electrons. The molecule has 9 heteroatoms. The molecule has 1 amide bonds. The van der Waals surface area contributed by atoms with Crippen molar-refractivity contribution in [2.75, 3.05) is 46.0 Å². The van der Waals surface area contributed by atoms with Gasteiger partial charge in [0.15, 0.2) is 0 Å². The minimum Gasteiger partial charge on any atom is -0.492 e. The summed E-state index contributed by atoms with van der Waals surface area (Å²) in [5.74, 6) is 0.865. The molecule has 3 N–H and O–H groups in total. The zero-order valence-corrected chi connectivity index (χ0v) is 26.7. The van der Waals surface area contributed by atoms with Crippen LogP contribution in [0.1, 0.15) is 16.7 Å². The van der Waals surface area contributed by atoms with Crippen molar-refractivity contribution in [3.8, 4) is 16.9 Å². The average molecular weight is 637 g/mol. The number of nitrogens with zero attached hydrogens (tertiary/aromatic N) is 2. The number of nitrogens with one attached hydrogen (secondary N) is 1. The summed E-state index contributed by atoms with van der Waals surface area (Å²) in [4.78, 5) is 18.1. The lowest BCUT2D eigenvalue weighted by Crippen LogP contribution is -2.38. The van der Waals surface area contributed by atoms with Gasteiger partial charge >= 0.3 is 0 Å². The van der Waals surface area contributed by atoms with E-state index in [0.29, 0.717) is 35.2 Å². The maximum absolute atomic E-state index is 13.5. The Balaban J connectivity index is 1.21. The normalized spacial score (nSPS) is 16.5. The predicted molar refractivity (Wildman–Crippen MR) is 188 cm³/mol. The lowest BCUT2D eigenvalue weighted by atomic mass is 9.98. The number of nitrogens with two attached hydrogens (primary N) is 1. The molecule has 6 rings (SSSR count). The maximum Gasteiger partial charge on any atom is 0.266 e. The van der Waals surface area contributed by atoms with E-state index in [1.807, 2.05) is 54.6 Å². The fourth-order valence-electron chi connectivity index (χ4n) is 5.66. The van der Waals surface area contributed by atoms with Gasteiger partial charge in [-0.25, -0.2) is 0 Å². The number of carbonyl (C=O) groups excluding carboxylic acids is 1. The Hall–Kier alpha value is -4.02. The summed E-state index contributed by atoms with van der Waals surface area (Å²) in [6, 6.07) is 28.9. The van der Waals surface area contributed by atoms with Crippen LogP contribution in [0.25, 0.3) is 28.0 Å². The zero-order chi connectivity index (χ0) is 31.2. The van der Waals surface area contributed by atoms with Gasteiger partial charge in [0.05, 0.1) is 24.0 Å². The molecule has 45 heavy (non-hydrogen) atoms. The number of amidine groups is 1. The second kappa shape index (κ2) is 14.4. The van der Waals surface area contributed by atoms with Crippen molar-refractivity contribution in [3.05, 3.63) is 107 Å². The van der Waals surface area contributed by atoms with Crippen LogP contribution in [0.15, 0.2) is 89.8 Å². The molecule has 2 saturated heterocycles. The molecular formula is C36H36N4O3S2. The van der Waals surface area contributed by atoms with E-state index in [-0.39, 0.29) is 11.7 Å². The Morgan fingerprint density at radius 1 is 0.956 bits per heavy atom. The number of thioether (sulfide) groups is 1. The number of fused-ring (bicyclic) bond motifs is 1. The SMILES string of the molecule is N=C(N)Cc1cccc(CCN2C(=O)/C(=C/c3ccc(OCCN4CCOCC4)c(-c4ccc5ccccc5c4)c3)SC2=S)c1. The van der Waals surface area contributed by atoms with Gasteiger partial charge in [-0.05, 0) is 63.7 Å². The number of rotatable bonds is 11. The maximum atomic E-state index is 13.5. The minimum absolute atomic E-state index is 0.0806. The minimum atomic E-state index is -0.0806. The predicted octanol–water partition coefficient (Wildman–Crippen LogP) is 6.14. The third-order valence-corrected chi connectivity index (χ3v) is 9.39. The molecule has 2 aliphatic rings. The van der Waals surface area contributed by atoms with Crippen molar-refractivity contribution >= 4 is 56.9 Å². The second-order valence-electron chi connectivity index (χ2n) is 11.2. The van der Waals surface area contributed by atoms with E-state index in [2.05, 4.69) is 41.3 Å². The van der Waals surface area contributed by atoms with Crippen LogP contribution in [0, 0.1) is 5.41 Å². The van der Waals surface area contributed by atoms with Crippen LogP contribution in [0.3, 0.4) is 0 Å². The van der Waals surface area contributed by atoms with E-state index in [4.69, 9.17) is 32.8 Å². The molecule has 2 aliphatic heterocycles. The molecule has 0 aliphatic carbocycles. The van der Waals surface area contributed by atoms with Crippen LogP contribution in [0.2, 0.25) is 0 Å². The Morgan fingerprint density at radius 3 is 2.58 bits per heavy atom. The summed E-state index contributed by atoms with van der Waals surface area (Å²) in [5.41, 5.74) is 10.6. The number of benzene rings is 4. The summed E-state index contributed by atoms with van der Waals surface area (Å²) in [7, 11) is 0. The molecule has 2 heterocycles. The highest BCUT2D eigenvalue weighted by atomic mass is 32.2. The third-order valence-electron chi connectivity index (χ3n) is 8.01. The standard InChI is InChI=1S/C36H36N4O3S2/c37-34(38)23-26-5-3-4-25(20-26)12-13-40-35(41)33(45-36(40)44)22-27-8-11-32(43-19-16-39-14-17-42-18-15-39)31(21-27)30-10-9-28-6-1-2-7-29(28)24-30/h1-11,20-22,24H,12-19,23H2,(H3,37,38)/b33-22-. The molecule has 0 aromatic heterocycles. The van der Waals surface area contributed by atoms with Crippen LogP contribution in [-0.4, -0.2) is 71.9 Å². The van der Waals surface area contributed by atoms with Gasteiger partial charge in [-0.1, -0.05) is 90.7 Å². The van der Waals surface area contributed by atoms with Gasteiger partial charge in [-0.3, -0.25) is 20.0 Å². The van der Waals surface area contributed by atoms with Crippen LogP contribution >= 0.6 is 24.0 Å². The monoisotopic (exact) mass is 636 g/mol. The summed E-state index contributed by atoms with van der Waals surface area (Å²) in [6.45, 7) is 5.27. The van der Waals surface area contributed by atoms with Crippen LogP contribution in [0.5, 0.6) is 5.75 Å². The zero-order valence-electron chi connectivity index (χ0n) is 25.0. The smallest absolute Gasteiger partial charge is 0.266 e. The van der Waals surface area contributed by atoms with Crippen molar-refractivity contribution in [3.63, 3.8) is 0 Å². The first-order valence-electron chi connectivity index (χ1n) is 15.2. The molecule has 4 aromatic carbocycles. The van der Waals surface area contributed by atoms with Crippen LogP contribution in [-0.2, 0) is 22.4 Å². The fraction of sp³-hybridized carbons (Fsp3) is 0.250. The number of ether oxygens (including phenoxy) is 2. The van der Waals surface area contributed by atoms with E-state index in [1.54, 1.807) is 4.90 Å². The van der Waals surface area contributed by atoms with Gasteiger partial charge in [0.1, 0.15) is 16.7 Å². The highest BCUT2D eigenvalue weighted by Gasteiger charge is 2.31. The lowest BCUT2D eigenvalue weighted by molar-refractivity contribution is -0.122. The van der Waals surface area contributed by atoms with Gasteiger partial charge in [0.25, 0.3) is 5.91 Å². The number of morpholine rings is 1. The molecule has 2 fully saturated rings. The largest absolute Gasteiger partial charge is 0.492 e. The van der Waals surface area contributed by atoms with Crippen molar-refractivity contribution in [2.24, 2.45) is 5.73 Å². The van der Waals surface area contributed by atoms with Gasteiger partial charge in [0, 0.05) is 38.2 Å². The summed E-state index contributed by atoms with van der Waals surface area (Å²) >= 11 is 6.97. The Bertz CT molecular complexity index is 1770. The first-order valence-corrected chi connectivity index (χ1v) is 16.4. The quantitative estimate of drug-likeness (QED) is 0.0885. The molecule has 0 atom stereocenters. The van der Waals surface area contributed by atoms with Crippen LogP contribution < -0.4 is 10.5 Å².